The average Bonchev–Trinajstić information content (AvgIpc) is 2.33. The van der Waals surface area contributed by atoms with Crippen LogP contribution >= 0.6 is 0 Å². The standard InChI is InChI=1S/C9H7NO9S3/c11-20(12,13)6-1-5-2-7(21(14,15)16)4-10-9(5)8(3-6)22(17,18)19/h1-4H,(H,11,12,13)(H,14,15,16)(H,17,18,19). The molecule has 2 rings (SSSR count). The summed E-state index contributed by atoms with van der Waals surface area (Å²) >= 11 is 0. The van der Waals surface area contributed by atoms with E-state index in [0.717, 1.165) is 12.1 Å². The van der Waals surface area contributed by atoms with Crippen molar-refractivity contribution >= 4 is 41.3 Å². The monoisotopic (exact) mass is 369 g/mol. The molecule has 10 nitrogen and oxygen atoms in total. The number of benzene rings is 1. The molecule has 0 unspecified atom stereocenters. The van der Waals surface area contributed by atoms with Gasteiger partial charge in [-0.2, -0.15) is 25.3 Å². The summed E-state index contributed by atoms with van der Waals surface area (Å²) in [6, 6.07) is 1.94. The molecule has 13 heteroatoms. The summed E-state index contributed by atoms with van der Waals surface area (Å²) in [6.45, 7) is 0. The minimum absolute atomic E-state index is 0.349. The van der Waals surface area contributed by atoms with Crippen molar-refractivity contribution in [3.05, 3.63) is 24.4 Å². The smallest absolute Gasteiger partial charge is 0.282 e. The molecule has 0 aliphatic heterocycles. The number of fused-ring (bicyclic) bond motifs is 1. The van der Waals surface area contributed by atoms with Crippen LogP contribution in [-0.4, -0.2) is 43.9 Å². The first-order valence-corrected chi connectivity index (χ1v) is 9.48. The molecule has 0 amide bonds. The second-order valence-electron chi connectivity index (χ2n) is 4.09. The summed E-state index contributed by atoms with van der Waals surface area (Å²) < 4.78 is 93.8. The van der Waals surface area contributed by atoms with E-state index in [9.17, 15) is 25.3 Å². The van der Waals surface area contributed by atoms with E-state index in [1.165, 1.54) is 0 Å². The topological polar surface area (TPSA) is 176 Å². The molecule has 0 fully saturated rings. The van der Waals surface area contributed by atoms with Gasteiger partial charge in [0, 0.05) is 11.6 Å². The zero-order valence-electron chi connectivity index (χ0n) is 10.3. The van der Waals surface area contributed by atoms with Crippen molar-refractivity contribution in [2.45, 2.75) is 14.7 Å². The van der Waals surface area contributed by atoms with Gasteiger partial charge in [-0.25, -0.2) is 0 Å². The Balaban J connectivity index is 3.02. The quantitative estimate of drug-likeness (QED) is 0.623. The molecule has 1 aromatic heterocycles. The summed E-state index contributed by atoms with van der Waals surface area (Å²) in [5, 5.41) is -0.349. The van der Waals surface area contributed by atoms with Crippen LogP contribution in [0, 0.1) is 0 Å². The molecule has 1 aromatic carbocycles. The SMILES string of the molecule is O=S(=O)(O)c1cnc2c(S(=O)(=O)O)cc(S(=O)(=O)O)cc2c1. The number of aromatic nitrogens is 1. The van der Waals surface area contributed by atoms with Crippen molar-refractivity contribution in [2.75, 3.05) is 0 Å². The zero-order chi connectivity index (χ0) is 16.9. The summed E-state index contributed by atoms with van der Waals surface area (Å²) in [7, 11) is -14.4. The molecule has 0 aliphatic carbocycles. The Kier molecular flexibility index (Phi) is 3.75. The minimum Gasteiger partial charge on any atom is -0.282 e. The van der Waals surface area contributed by atoms with Gasteiger partial charge in [0.05, 0.1) is 10.4 Å². The molecule has 0 bridgehead atoms. The molecule has 0 saturated heterocycles. The molecule has 0 radical (unpaired) electrons. The van der Waals surface area contributed by atoms with Crippen molar-refractivity contribution in [3.63, 3.8) is 0 Å². The fourth-order valence-corrected chi connectivity index (χ4v) is 3.43. The van der Waals surface area contributed by atoms with Crippen LogP contribution in [0.3, 0.4) is 0 Å². The Hall–Kier alpha value is -1.64. The van der Waals surface area contributed by atoms with Crippen LogP contribution in [0.25, 0.3) is 10.9 Å². The van der Waals surface area contributed by atoms with Gasteiger partial charge in [0.2, 0.25) is 0 Å². The average molecular weight is 369 g/mol. The third-order valence-electron chi connectivity index (χ3n) is 2.57. The molecule has 120 valence electrons. The van der Waals surface area contributed by atoms with Gasteiger partial charge >= 0.3 is 0 Å². The van der Waals surface area contributed by atoms with Crippen molar-refractivity contribution < 1.29 is 38.9 Å². The van der Waals surface area contributed by atoms with Crippen molar-refractivity contribution in [1.82, 2.24) is 4.98 Å². The van der Waals surface area contributed by atoms with E-state index in [1.54, 1.807) is 0 Å². The number of hydrogen-bond donors (Lipinski definition) is 3. The Bertz CT molecular complexity index is 1080. The van der Waals surface area contributed by atoms with Gasteiger partial charge in [-0.3, -0.25) is 18.6 Å². The first-order valence-electron chi connectivity index (χ1n) is 5.16. The Labute approximate surface area is 124 Å². The highest BCUT2D eigenvalue weighted by molar-refractivity contribution is 7.87. The van der Waals surface area contributed by atoms with Crippen LogP contribution in [0.4, 0.5) is 0 Å². The highest BCUT2D eigenvalue weighted by Gasteiger charge is 2.22. The lowest BCUT2D eigenvalue weighted by atomic mass is 10.2. The molecule has 22 heavy (non-hydrogen) atoms. The van der Waals surface area contributed by atoms with Crippen LogP contribution in [0.1, 0.15) is 0 Å². The van der Waals surface area contributed by atoms with Crippen LogP contribution in [-0.2, 0) is 30.4 Å². The molecule has 2 aromatic rings. The van der Waals surface area contributed by atoms with E-state index >= 15 is 0 Å². The predicted octanol–water partition coefficient (Wildman–Crippen LogP) is -0.0251. The number of pyridine rings is 1. The lowest BCUT2D eigenvalue weighted by Crippen LogP contribution is -2.06. The molecule has 0 saturated carbocycles. The highest BCUT2D eigenvalue weighted by atomic mass is 32.2. The summed E-state index contributed by atoms with van der Waals surface area (Å²) in [5.74, 6) is 0. The van der Waals surface area contributed by atoms with Crippen molar-refractivity contribution in [1.29, 1.82) is 0 Å². The number of rotatable bonds is 3. The lowest BCUT2D eigenvalue weighted by molar-refractivity contribution is 0.480. The molecule has 0 spiro atoms. The van der Waals surface area contributed by atoms with E-state index in [-0.39, 0.29) is 5.39 Å². The lowest BCUT2D eigenvalue weighted by Gasteiger charge is -2.07. The first kappa shape index (κ1) is 16.7. The first-order chi connectivity index (χ1) is 9.80. The normalized spacial score (nSPS) is 13.4. The van der Waals surface area contributed by atoms with E-state index < -0.39 is 50.6 Å². The molecular formula is C9H7NO9S3. The van der Waals surface area contributed by atoms with Gasteiger partial charge in [-0.1, -0.05) is 0 Å². The van der Waals surface area contributed by atoms with Gasteiger partial charge in [-0.15, -0.1) is 0 Å². The van der Waals surface area contributed by atoms with Crippen molar-refractivity contribution in [3.8, 4) is 0 Å². The zero-order valence-corrected chi connectivity index (χ0v) is 12.7. The van der Waals surface area contributed by atoms with Crippen LogP contribution in [0.15, 0.2) is 39.1 Å². The molecule has 0 aliphatic rings. The van der Waals surface area contributed by atoms with E-state index in [2.05, 4.69) is 4.98 Å². The van der Waals surface area contributed by atoms with Crippen LogP contribution in [0.2, 0.25) is 0 Å². The Morgan fingerprint density at radius 1 is 0.727 bits per heavy atom. The molecule has 3 N–H and O–H groups in total. The number of hydrogen-bond acceptors (Lipinski definition) is 7. The van der Waals surface area contributed by atoms with E-state index in [0.29, 0.717) is 12.3 Å². The maximum atomic E-state index is 11.3. The van der Waals surface area contributed by atoms with Gasteiger partial charge in [0.15, 0.2) is 0 Å². The van der Waals surface area contributed by atoms with Gasteiger partial charge in [0.25, 0.3) is 30.4 Å². The minimum atomic E-state index is -4.91. The third-order valence-corrected chi connectivity index (χ3v) is 5.09. The fraction of sp³-hybridized carbons (Fsp3) is 0. The van der Waals surface area contributed by atoms with Gasteiger partial charge in [-0.05, 0) is 18.2 Å². The second kappa shape index (κ2) is 4.94. The van der Waals surface area contributed by atoms with Gasteiger partial charge in [0.1, 0.15) is 9.79 Å². The largest absolute Gasteiger partial charge is 0.296 e. The van der Waals surface area contributed by atoms with E-state index in [1.807, 2.05) is 0 Å². The van der Waals surface area contributed by atoms with Gasteiger partial charge < -0.3 is 0 Å². The maximum absolute atomic E-state index is 11.3. The second-order valence-corrected chi connectivity index (χ2v) is 8.32. The highest BCUT2D eigenvalue weighted by Crippen LogP contribution is 2.27. The van der Waals surface area contributed by atoms with E-state index in [4.69, 9.17) is 13.7 Å². The third kappa shape index (κ3) is 3.23. The maximum Gasteiger partial charge on any atom is 0.296 e. The van der Waals surface area contributed by atoms with Crippen molar-refractivity contribution in [2.24, 2.45) is 0 Å². The van der Waals surface area contributed by atoms with Crippen LogP contribution in [0.5, 0.6) is 0 Å². The molecular weight excluding hydrogens is 362 g/mol. The predicted molar refractivity (Wildman–Crippen MR) is 71.2 cm³/mol. The summed E-state index contributed by atoms with van der Waals surface area (Å²) in [5.41, 5.74) is -0.442. The Morgan fingerprint density at radius 3 is 1.68 bits per heavy atom. The van der Waals surface area contributed by atoms with Crippen LogP contribution < -0.4 is 0 Å². The molecule has 0 atom stereocenters. The summed E-state index contributed by atoms with van der Waals surface area (Å²) in [4.78, 5) is 0.909. The summed E-state index contributed by atoms with van der Waals surface area (Å²) in [6.07, 6.45) is 0.624. The number of nitrogens with zero attached hydrogens (tertiary/aromatic N) is 1. The Morgan fingerprint density at radius 2 is 1.23 bits per heavy atom. The fourth-order valence-electron chi connectivity index (χ4n) is 1.66. The molecule has 1 heterocycles.